The van der Waals surface area contributed by atoms with E-state index in [2.05, 4.69) is 21.9 Å². The van der Waals surface area contributed by atoms with Gasteiger partial charge in [-0.3, -0.25) is 0 Å². The van der Waals surface area contributed by atoms with Crippen LogP contribution in [0, 0.1) is 0 Å². The number of thiazole rings is 1. The molecule has 1 heterocycles. The highest BCUT2D eigenvalue weighted by molar-refractivity contribution is 7.97. The van der Waals surface area contributed by atoms with Crippen molar-refractivity contribution in [3.8, 4) is 0 Å². The van der Waals surface area contributed by atoms with Crippen LogP contribution < -0.4 is 5.32 Å². The molecular formula is C9H14N2S2. The molecule has 0 aliphatic heterocycles. The summed E-state index contributed by atoms with van der Waals surface area (Å²) in [4.78, 5) is 4.53. The van der Waals surface area contributed by atoms with Crippen LogP contribution >= 0.6 is 23.1 Å². The predicted octanol–water partition coefficient (Wildman–Crippen LogP) is 2.26. The fourth-order valence-electron chi connectivity index (χ4n) is 1.16. The van der Waals surface area contributed by atoms with E-state index in [1.54, 1.807) is 11.3 Å². The molecule has 0 bridgehead atoms. The average Bonchev–Trinajstić information content (AvgIpc) is 2.85. The zero-order valence-corrected chi connectivity index (χ0v) is 9.38. The summed E-state index contributed by atoms with van der Waals surface area (Å²) in [6, 6.07) is 0.783. The highest BCUT2D eigenvalue weighted by Crippen LogP contribution is 2.20. The third-order valence-corrected chi connectivity index (χ3v) is 3.66. The molecule has 0 spiro atoms. The zero-order chi connectivity index (χ0) is 9.10. The molecule has 1 fully saturated rings. The van der Waals surface area contributed by atoms with Crippen LogP contribution in [0.5, 0.6) is 0 Å². The number of nitrogens with zero attached hydrogens (tertiary/aromatic N) is 1. The Morgan fingerprint density at radius 2 is 2.54 bits per heavy atom. The van der Waals surface area contributed by atoms with Gasteiger partial charge in [0.2, 0.25) is 0 Å². The zero-order valence-electron chi connectivity index (χ0n) is 7.75. The van der Waals surface area contributed by atoms with Crippen LogP contribution in [0.15, 0.2) is 5.38 Å². The van der Waals surface area contributed by atoms with Gasteiger partial charge in [0.1, 0.15) is 5.01 Å². The summed E-state index contributed by atoms with van der Waals surface area (Å²) in [6.45, 7) is 0.954. The van der Waals surface area contributed by atoms with Crippen LogP contribution in [0.3, 0.4) is 0 Å². The summed E-state index contributed by atoms with van der Waals surface area (Å²) >= 11 is 3.61. The normalized spacial score (nSPS) is 16.4. The Bertz CT molecular complexity index is 268. The third-order valence-electron chi connectivity index (χ3n) is 2.02. The van der Waals surface area contributed by atoms with Crippen molar-refractivity contribution in [3.63, 3.8) is 0 Å². The van der Waals surface area contributed by atoms with E-state index in [0.717, 1.165) is 18.3 Å². The summed E-state index contributed by atoms with van der Waals surface area (Å²) in [5.41, 5.74) is 1.21. The summed E-state index contributed by atoms with van der Waals surface area (Å²) in [6.07, 6.45) is 4.81. The van der Waals surface area contributed by atoms with Crippen molar-refractivity contribution in [2.45, 2.75) is 31.2 Å². The molecule has 0 atom stereocenters. The smallest absolute Gasteiger partial charge is 0.103 e. The first kappa shape index (κ1) is 9.49. The second-order valence-electron chi connectivity index (χ2n) is 3.32. The summed E-state index contributed by atoms with van der Waals surface area (Å²) in [7, 11) is 0. The molecule has 0 radical (unpaired) electrons. The molecule has 2 nitrogen and oxygen atoms in total. The largest absolute Gasteiger partial charge is 0.308 e. The molecule has 0 aromatic carbocycles. The Balaban J connectivity index is 1.81. The molecule has 1 aromatic rings. The summed E-state index contributed by atoms with van der Waals surface area (Å²) < 4.78 is 0. The van der Waals surface area contributed by atoms with Crippen molar-refractivity contribution in [2.24, 2.45) is 0 Å². The van der Waals surface area contributed by atoms with Gasteiger partial charge in [0, 0.05) is 23.7 Å². The van der Waals surface area contributed by atoms with Crippen LogP contribution in [0.1, 0.15) is 23.5 Å². The van der Waals surface area contributed by atoms with E-state index in [0.29, 0.717) is 0 Å². The van der Waals surface area contributed by atoms with Gasteiger partial charge < -0.3 is 5.32 Å². The lowest BCUT2D eigenvalue weighted by Crippen LogP contribution is -2.15. The minimum atomic E-state index is 0.783. The van der Waals surface area contributed by atoms with Crippen LogP contribution in [0.2, 0.25) is 0 Å². The van der Waals surface area contributed by atoms with Crippen molar-refractivity contribution < 1.29 is 0 Å². The van der Waals surface area contributed by atoms with Gasteiger partial charge in [-0.2, -0.15) is 11.8 Å². The van der Waals surface area contributed by atoms with Crippen molar-refractivity contribution >= 4 is 23.1 Å². The Hall–Kier alpha value is -0.0600. The Kier molecular flexibility index (Phi) is 3.24. The second kappa shape index (κ2) is 4.44. The molecule has 0 saturated heterocycles. The van der Waals surface area contributed by atoms with Crippen molar-refractivity contribution in [2.75, 3.05) is 6.26 Å². The van der Waals surface area contributed by atoms with Gasteiger partial charge in [0.05, 0.1) is 5.69 Å². The highest BCUT2D eigenvalue weighted by Gasteiger charge is 2.20. The molecule has 4 heteroatoms. The van der Waals surface area contributed by atoms with E-state index < -0.39 is 0 Å². The Morgan fingerprint density at radius 3 is 3.23 bits per heavy atom. The quantitative estimate of drug-likeness (QED) is 0.814. The molecule has 1 N–H and O–H groups in total. The number of rotatable bonds is 5. The fraction of sp³-hybridized carbons (Fsp3) is 0.667. The minimum Gasteiger partial charge on any atom is -0.308 e. The van der Waals surface area contributed by atoms with Gasteiger partial charge in [-0.25, -0.2) is 4.98 Å². The van der Waals surface area contributed by atoms with E-state index >= 15 is 0 Å². The molecule has 1 aliphatic rings. The number of thioether (sulfide) groups is 1. The number of hydrogen-bond donors (Lipinski definition) is 1. The maximum Gasteiger partial charge on any atom is 0.103 e. The SMILES string of the molecule is CSCc1nc(CNC2CC2)cs1. The number of aromatic nitrogens is 1. The standard InChI is InChI=1S/C9H14N2S2/c1-12-6-9-11-8(5-13-9)4-10-7-2-3-7/h5,7,10H,2-4,6H2,1H3. The van der Waals surface area contributed by atoms with Crippen LogP contribution in [0.25, 0.3) is 0 Å². The lowest BCUT2D eigenvalue weighted by molar-refractivity contribution is 0.676. The molecular weight excluding hydrogens is 200 g/mol. The van der Waals surface area contributed by atoms with Gasteiger partial charge in [0.15, 0.2) is 0 Å². The molecule has 1 aromatic heterocycles. The Labute approximate surface area is 87.1 Å². The van der Waals surface area contributed by atoms with Gasteiger partial charge in [-0.1, -0.05) is 0 Å². The molecule has 0 unspecified atom stereocenters. The Morgan fingerprint density at radius 1 is 1.69 bits per heavy atom. The maximum absolute atomic E-state index is 4.53. The lowest BCUT2D eigenvalue weighted by Gasteiger charge is -1.97. The third kappa shape index (κ3) is 2.97. The van der Waals surface area contributed by atoms with Gasteiger partial charge in [-0.05, 0) is 19.1 Å². The van der Waals surface area contributed by atoms with Crippen LogP contribution in [-0.2, 0) is 12.3 Å². The van der Waals surface area contributed by atoms with E-state index in [1.807, 2.05) is 11.8 Å². The fourth-order valence-corrected chi connectivity index (χ4v) is 2.67. The van der Waals surface area contributed by atoms with E-state index in [-0.39, 0.29) is 0 Å². The molecule has 0 amide bonds. The lowest BCUT2D eigenvalue weighted by atomic mass is 10.5. The average molecular weight is 214 g/mol. The summed E-state index contributed by atoms with van der Waals surface area (Å²) in [5.74, 6) is 1.05. The van der Waals surface area contributed by atoms with Crippen molar-refractivity contribution in [3.05, 3.63) is 16.1 Å². The molecule has 72 valence electrons. The maximum atomic E-state index is 4.53. The molecule has 2 rings (SSSR count). The van der Waals surface area contributed by atoms with Crippen LogP contribution in [0.4, 0.5) is 0 Å². The van der Waals surface area contributed by atoms with E-state index in [4.69, 9.17) is 0 Å². The molecule has 1 aliphatic carbocycles. The minimum absolute atomic E-state index is 0.783. The summed E-state index contributed by atoms with van der Waals surface area (Å²) in [5, 5.41) is 6.88. The predicted molar refractivity (Wildman–Crippen MR) is 59.2 cm³/mol. The van der Waals surface area contributed by atoms with Crippen molar-refractivity contribution in [1.29, 1.82) is 0 Å². The van der Waals surface area contributed by atoms with E-state index in [1.165, 1.54) is 23.5 Å². The first-order chi connectivity index (χ1) is 6.38. The number of nitrogens with one attached hydrogen (secondary N) is 1. The number of hydrogen-bond acceptors (Lipinski definition) is 4. The topological polar surface area (TPSA) is 24.9 Å². The van der Waals surface area contributed by atoms with Gasteiger partial charge in [-0.15, -0.1) is 11.3 Å². The molecule has 1 saturated carbocycles. The first-order valence-electron chi connectivity index (χ1n) is 4.54. The van der Waals surface area contributed by atoms with Crippen LogP contribution in [-0.4, -0.2) is 17.3 Å². The van der Waals surface area contributed by atoms with Gasteiger partial charge >= 0.3 is 0 Å². The second-order valence-corrected chi connectivity index (χ2v) is 5.13. The molecule has 13 heavy (non-hydrogen) atoms. The van der Waals surface area contributed by atoms with Crippen molar-refractivity contribution in [1.82, 2.24) is 10.3 Å². The highest BCUT2D eigenvalue weighted by atomic mass is 32.2. The monoisotopic (exact) mass is 214 g/mol. The van der Waals surface area contributed by atoms with Gasteiger partial charge in [0.25, 0.3) is 0 Å². The van der Waals surface area contributed by atoms with E-state index in [9.17, 15) is 0 Å². The first-order valence-corrected chi connectivity index (χ1v) is 6.81.